The molecule has 2 rings (SSSR count). The monoisotopic (exact) mass is 306 g/mol. The van der Waals surface area contributed by atoms with E-state index in [1.807, 2.05) is 19.1 Å². The standard InChI is InChI=1S/C15H12BrFO/c1-10-6-7-12(13(16)8-10)15(18)9-11-4-2-3-5-14(11)17/h2-8H,9H2,1H3. The van der Waals surface area contributed by atoms with E-state index >= 15 is 0 Å². The molecule has 0 saturated heterocycles. The van der Waals surface area contributed by atoms with Crippen LogP contribution in [0.4, 0.5) is 4.39 Å². The summed E-state index contributed by atoms with van der Waals surface area (Å²) in [6.45, 7) is 1.95. The fraction of sp³-hybridized carbons (Fsp3) is 0.133. The third kappa shape index (κ3) is 2.85. The zero-order chi connectivity index (χ0) is 13.1. The van der Waals surface area contributed by atoms with E-state index < -0.39 is 0 Å². The maximum atomic E-state index is 13.5. The number of hydrogen-bond acceptors (Lipinski definition) is 1. The van der Waals surface area contributed by atoms with Crippen molar-refractivity contribution >= 4 is 21.7 Å². The van der Waals surface area contributed by atoms with Gasteiger partial charge in [0.15, 0.2) is 5.78 Å². The van der Waals surface area contributed by atoms with Crippen molar-refractivity contribution in [2.24, 2.45) is 0 Å². The van der Waals surface area contributed by atoms with Crippen LogP contribution in [0.3, 0.4) is 0 Å². The van der Waals surface area contributed by atoms with Crippen molar-refractivity contribution in [1.82, 2.24) is 0 Å². The van der Waals surface area contributed by atoms with Crippen molar-refractivity contribution in [2.75, 3.05) is 0 Å². The number of aryl methyl sites for hydroxylation is 1. The maximum Gasteiger partial charge on any atom is 0.168 e. The summed E-state index contributed by atoms with van der Waals surface area (Å²) in [5.41, 5.74) is 2.09. The van der Waals surface area contributed by atoms with Crippen LogP contribution in [0.2, 0.25) is 0 Å². The van der Waals surface area contributed by atoms with Gasteiger partial charge in [0, 0.05) is 16.5 Å². The molecule has 92 valence electrons. The highest BCUT2D eigenvalue weighted by molar-refractivity contribution is 9.10. The van der Waals surface area contributed by atoms with E-state index in [9.17, 15) is 9.18 Å². The molecule has 0 spiro atoms. The summed E-state index contributed by atoms with van der Waals surface area (Å²) in [7, 11) is 0. The molecule has 0 amide bonds. The molecule has 0 saturated carbocycles. The molecule has 0 fully saturated rings. The van der Waals surface area contributed by atoms with Gasteiger partial charge < -0.3 is 0 Å². The molecule has 0 atom stereocenters. The maximum absolute atomic E-state index is 13.5. The highest BCUT2D eigenvalue weighted by Gasteiger charge is 2.12. The largest absolute Gasteiger partial charge is 0.294 e. The van der Waals surface area contributed by atoms with Crippen LogP contribution in [0.25, 0.3) is 0 Å². The second kappa shape index (κ2) is 5.44. The van der Waals surface area contributed by atoms with Crippen LogP contribution in [0, 0.1) is 12.7 Å². The quantitative estimate of drug-likeness (QED) is 0.772. The molecular formula is C15H12BrFO. The lowest BCUT2D eigenvalue weighted by Gasteiger charge is -2.05. The lowest BCUT2D eigenvalue weighted by molar-refractivity contribution is 0.0991. The Morgan fingerprint density at radius 3 is 2.61 bits per heavy atom. The normalized spacial score (nSPS) is 10.4. The van der Waals surface area contributed by atoms with Crippen molar-refractivity contribution in [1.29, 1.82) is 0 Å². The van der Waals surface area contributed by atoms with E-state index in [2.05, 4.69) is 15.9 Å². The van der Waals surface area contributed by atoms with E-state index in [0.717, 1.165) is 10.0 Å². The van der Waals surface area contributed by atoms with Crippen LogP contribution < -0.4 is 0 Å². The summed E-state index contributed by atoms with van der Waals surface area (Å²) in [5, 5.41) is 0. The molecule has 1 nitrogen and oxygen atoms in total. The molecule has 0 aliphatic heterocycles. The van der Waals surface area contributed by atoms with Crippen molar-refractivity contribution < 1.29 is 9.18 Å². The Balaban J connectivity index is 2.25. The molecule has 3 heteroatoms. The highest BCUT2D eigenvalue weighted by Crippen LogP contribution is 2.20. The van der Waals surface area contributed by atoms with Gasteiger partial charge in [0.2, 0.25) is 0 Å². The first-order valence-corrected chi connectivity index (χ1v) is 6.40. The predicted molar refractivity (Wildman–Crippen MR) is 73.3 cm³/mol. The van der Waals surface area contributed by atoms with Crippen LogP contribution in [-0.2, 0) is 6.42 Å². The first-order chi connectivity index (χ1) is 8.58. The number of hydrogen-bond donors (Lipinski definition) is 0. The fourth-order valence-corrected chi connectivity index (χ4v) is 2.47. The van der Waals surface area contributed by atoms with Crippen LogP contribution in [-0.4, -0.2) is 5.78 Å². The SMILES string of the molecule is Cc1ccc(C(=O)Cc2ccccc2F)c(Br)c1. The van der Waals surface area contributed by atoms with Gasteiger partial charge in [-0.3, -0.25) is 4.79 Å². The van der Waals surface area contributed by atoms with E-state index in [4.69, 9.17) is 0 Å². The van der Waals surface area contributed by atoms with Crippen LogP contribution >= 0.6 is 15.9 Å². The van der Waals surface area contributed by atoms with Gasteiger partial charge in [0.25, 0.3) is 0 Å². The summed E-state index contributed by atoms with van der Waals surface area (Å²) < 4.78 is 14.2. The summed E-state index contributed by atoms with van der Waals surface area (Å²) in [4.78, 5) is 12.1. The van der Waals surface area contributed by atoms with E-state index in [-0.39, 0.29) is 18.0 Å². The number of Topliss-reactive ketones (excluding diaryl/α,β-unsaturated/α-hetero) is 1. The fourth-order valence-electron chi connectivity index (χ4n) is 1.76. The van der Waals surface area contributed by atoms with Crippen molar-refractivity contribution in [2.45, 2.75) is 13.3 Å². The molecule has 2 aromatic rings. The minimum absolute atomic E-state index is 0.0777. The summed E-state index contributed by atoms with van der Waals surface area (Å²) >= 11 is 3.37. The molecular weight excluding hydrogens is 295 g/mol. The highest BCUT2D eigenvalue weighted by atomic mass is 79.9. The Morgan fingerprint density at radius 1 is 1.22 bits per heavy atom. The van der Waals surface area contributed by atoms with E-state index in [0.29, 0.717) is 11.1 Å². The van der Waals surface area contributed by atoms with Gasteiger partial charge in [-0.15, -0.1) is 0 Å². The molecule has 2 aromatic carbocycles. The average Bonchev–Trinajstić information content (AvgIpc) is 2.32. The van der Waals surface area contributed by atoms with E-state index in [1.165, 1.54) is 6.07 Å². The number of halogens is 2. The number of carbonyl (C=O) groups is 1. The topological polar surface area (TPSA) is 17.1 Å². The summed E-state index contributed by atoms with van der Waals surface area (Å²) in [6.07, 6.45) is 0.0777. The Kier molecular flexibility index (Phi) is 3.92. The van der Waals surface area contributed by atoms with Crippen LogP contribution in [0.5, 0.6) is 0 Å². The first-order valence-electron chi connectivity index (χ1n) is 5.60. The zero-order valence-electron chi connectivity index (χ0n) is 9.91. The summed E-state index contributed by atoms with van der Waals surface area (Å²) in [6, 6.07) is 11.9. The molecule has 0 bridgehead atoms. The van der Waals surface area contributed by atoms with Gasteiger partial charge in [0.05, 0.1) is 0 Å². The second-order valence-electron chi connectivity index (χ2n) is 4.17. The van der Waals surface area contributed by atoms with Crippen molar-refractivity contribution in [3.63, 3.8) is 0 Å². The number of ketones is 1. The molecule has 0 radical (unpaired) electrons. The number of carbonyl (C=O) groups excluding carboxylic acids is 1. The molecule has 0 aliphatic carbocycles. The van der Waals surface area contributed by atoms with Gasteiger partial charge in [0.1, 0.15) is 5.82 Å². The van der Waals surface area contributed by atoms with Gasteiger partial charge in [-0.2, -0.15) is 0 Å². The van der Waals surface area contributed by atoms with Crippen LogP contribution in [0.1, 0.15) is 21.5 Å². The summed E-state index contributed by atoms with van der Waals surface area (Å²) in [5.74, 6) is -0.430. The van der Waals surface area contributed by atoms with Gasteiger partial charge in [-0.25, -0.2) is 4.39 Å². The predicted octanol–water partition coefficient (Wildman–Crippen LogP) is 4.32. The zero-order valence-corrected chi connectivity index (χ0v) is 11.5. The lowest BCUT2D eigenvalue weighted by Crippen LogP contribution is -2.06. The Bertz CT molecular complexity index is 593. The van der Waals surface area contributed by atoms with Crippen molar-refractivity contribution in [3.05, 3.63) is 69.4 Å². The molecule has 0 unspecified atom stereocenters. The molecule has 18 heavy (non-hydrogen) atoms. The third-order valence-electron chi connectivity index (χ3n) is 2.73. The second-order valence-corrected chi connectivity index (χ2v) is 5.03. The number of rotatable bonds is 3. The van der Waals surface area contributed by atoms with Gasteiger partial charge >= 0.3 is 0 Å². The molecule has 0 aromatic heterocycles. The lowest BCUT2D eigenvalue weighted by atomic mass is 10.0. The molecule has 0 aliphatic rings. The minimum Gasteiger partial charge on any atom is -0.294 e. The first kappa shape index (κ1) is 13.0. The van der Waals surface area contributed by atoms with Gasteiger partial charge in [-0.1, -0.05) is 40.2 Å². The van der Waals surface area contributed by atoms with Gasteiger partial charge in [-0.05, 0) is 36.2 Å². The molecule has 0 N–H and O–H groups in total. The third-order valence-corrected chi connectivity index (χ3v) is 3.39. The van der Waals surface area contributed by atoms with Crippen LogP contribution in [0.15, 0.2) is 46.9 Å². The van der Waals surface area contributed by atoms with E-state index in [1.54, 1.807) is 24.3 Å². The number of benzene rings is 2. The smallest absolute Gasteiger partial charge is 0.168 e. The Hall–Kier alpha value is -1.48. The van der Waals surface area contributed by atoms with Crippen molar-refractivity contribution in [3.8, 4) is 0 Å². The Morgan fingerprint density at radius 2 is 1.94 bits per heavy atom. The molecule has 0 heterocycles. The Labute approximate surface area is 114 Å². The minimum atomic E-state index is -0.339. The average molecular weight is 307 g/mol.